The maximum atomic E-state index is 12.2. The summed E-state index contributed by atoms with van der Waals surface area (Å²) in [5.41, 5.74) is 3.28. The lowest BCUT2D eigenvalue weighted by atomic mass is 9.78. The zero-order chi connectivity index (χ0) is 14.5. The van der Waals surface area contributed by atoms with Crippen LogP contribution >= 0.6 is 27.3 Å². The Balaban J connectivity index is 2.08. The fourth-order valence-corrected chi connectivity index (χ4v) is 4.50. The zero-order valence-electron chi connectivity index (χ0n) is 11.8. The van der Waals surface area contributed by atoms with Crippen LogP contribution in [-0.4, -0.2) is 10.8 Å². The average Bonchev–Trinajstić information content (AvgIpc) is 2.70. The fraction of sp³-hybridized carbons (Fsp3) is 0.375. The largest absolute Gasteiger partial charge is 0.293 e. The van der Waals surface area contributed by atoms with Crippen LogP contribution < -0.4 is 0 Å². The number of Topliss-reactive ketones (excluding diaryl/α,β-unsaturated/α-hetero) is 1. The molecular weight excluding hydrogens is 334 g/mol. The van der Waals surface area contributed by atoms with Gasteiger partial charge in [0.25, 0.3) is 0 Å². The summed E-state index contributed by atoms with van der Waals surface area (Å²) in [5, 5.41) is 0.938. The molecule has 0 unspecified atom stereocenters. The van der Waals surface area contributed by atoms with Crippen LogP contribution in [0, 0.1) is 12.3 Å². The molecule has 0 N–H and O–H groups in total. The number of rotatable bonds is 1. The second-order valence-electron chi connectivity index (χ2n) is 6.22. The van der Waals surface area contributed by atoms with Gasteiger partial charge in [0, 0.05) is 16.5 Å². The Morgan fingerprint density at radius 3 is 2.75 bits per heavy atom. The molecular formula is C16H16BrNOS. The number of benzene rings is 1. The van der Waals surface area contributed by atoms with E-state index in [1.54, 1.807) is 0 Å². The third kappa shape index (κ3) is 2.47. The first-order valence-corrected chi connectivity index (χ1v) is 8.26. The maximum absolute atomic E-state index is 12.2. The van der Waals surface area contributed by atoms with Crippen molar-refractivity contribution in [3.63, 3.8) is 0 Å². The Hall–Kier alpha value is -1.00. The summed E-state index contributed by atoms with van der Waals surface area (Å²) in [5.74, 6) is 0.239. The summed E-state index contributed by atoms with van der Waals surface area (Å²) in [6, 6.07) is 6.23. The standard InChI is InChI=1S/C16H16BrNOS/c1-9-4-5-10(11(17)6-9)15-18-12-7-16(2,3)8-13(19)14(12)20-15/h4-6H,7-8H2,1-3H3. The Morgan fingerprint density at radius 2 is 2.05 bits per heavy atom. The number of nitrogens with zero attached hydrogens (tertiary/aromatic N) is 1. The Kier molecular flexibility index (Phi) is 3.33. The van der Waals surface area contributed by atoms with E-state index in [0.29, 0.717) is 6.42 Å². The molecule has 3 rings (SSSR count). The van der Waals surface area contributed by atoms with Crippen molar-refractivity contribution in [1.82, 2.24) is 4.98 Å². The summed E-state index contributed by atoms with van der Waals surface area (Å²) in [7, 11) is 0. The maximum Gasteiger partial charge on any atom is 0.175 e. The van der Waals surface area contributed by atoms with Crippen LogP contribution in [0.2, 0.25) is 0 Å². The van der Waals surface area contributed by atoms with Gasteiger partial charge in [-0.05, 0) is 30.4 Å². The third-order valence-electron chi connectivity index (χ3n) is 3.59. The molecule has 0 saturated heterocycles. The molecule has 0 spiro atoms. The smallest absolute Gasteiger partial charge is 0.175 e. The van der Waals surface area contributed by atoms with E-state index in [1.165, 1.54) is 16.9 Å². The second kappa shape index (κ2) is 4.78. The normalized spacial score (nSPS) is 17.1. The Labute approximate surface area is 131 Å². The van der Waals surface area contributed by atoms with Gasteiger partial charge in [0.1, 0.15) is 5.01 Å². The number of carbonyl (C=O) groups is 1. The topological polar surface area (TPSA) is 30.0 Å². The summed E-state index contributed by atoms with van der Waals surface area (Å²) in [4.78, 5) is 17.8. The summed E-state index contributed by atoms with van der Waals surface area (Å²) >= 11 is 5.12. The molecule has 0 amide bonds. The van der Waals surface area contributed by atoms with E-state index >= 15 is 0 Å². The molecule has 1 aromatic heterocycles. The van der Waals surface area contributed by atoms with Crippen LogP contribution in [0.5, 0.6) is 0 Å². The first-order chi connectivity index (χ1) is 9.35. The van der Waals surface area contributed by atoms with Crippen LogP contribution in [0.3, 0.4) is 0 Å². The van der Waals surface area contributed by atoms with Crippen LogP contribution in [0.25, 0.3) is 10.6 Å². The molecule has 20 heavy (non-hydrogen) atoms. The van der Waals surface area contributed by atoms with Gasteiger partial charge >= 0.3 is 0 Å². The number of ketones is 1. The van der Waals surface area contributed by atoms with Gasteiger partial charge in [0.2, 0.25) is 0 Å². The molecule has 0 bridgehead atoms. The van der Waals surface area contributed by atoms with Gasteiger partial charge in [-0.2, -0.15) is 0 Å². The molecule has 2 aromatic rings. The summed E-state index contributed by atoms with van der Waals surface area (Å²) < 4.78 is 1.04. The first-order valence-electron chi connectivity index (χ1n) is 6.65. The van der Waals surface area contributed by atoms with Crippen LogP contribution in [0.4, 0.5) is 0 Å². The molecule has 1 heterocycles. The second-order valence-corrected chi connectivity index (χ2v) is 8.07. The molecule has 0 atom stereocenters. The number of carbonyl (C=O) groups excluding carboxylic acids is 1. The molecule has 0 fully saturated rings. The van der Waals surface area contributed by atoms with Crippen molar-refractivity contribution >= 4 is 33.0 Å². The monoisotopic (exact) mass is 349 g/mol. The van der Waals surface area contributed by atoms with E-state index in [4.69, 9.17) is 4.98 Å². The van der Waals surface area contributed by atoms with E-state index in [1.807, 2.05) is 0 Å². The lowest BCUT2D eigenvalue weighted by Crippen LogP contribution is -2.25. The quantitative estimate of drug-likeness (QED) is 0.722. The molecule has 104 valence electrons. The number of hydrogen-bond donors (Lipinski definition) is 0. The highest BCUT2D eigenvalue weighted by atomic mass is 79.9. The number of hydrogen-bond acceptors (Lipinski definition) is 3. The van der Waals surface area contributed by atoms with Gasteiger partial charge in [-0.3, -0.25) is 4.79 Å². The van der Waals surface area contributed by atoms with Gasteiger partial charge < -0.3 is 0 Å². The van der Waals surface area contributed by atoms with Crippen LogP contribution in [0.1, 0.15) is 41.2 Å². The van der Waals surface area contributed by atoms with Crippen molar-refractivity contribution in [2.24, 2.45) is 5.41 Å². The van der Waals surface area contributed by atoms with Crippen LogP contribution in [-0.2, 0) is 6.42 Å². The molecule has 1 aliphatic rings. The fourth-order valence-electron chi connectivity index (χ4n) is 2.63. The Morgan fingerprint density at radius 1 is 1.30 bits per heavy atom. The van der Waals surface area contributed by atoms with E-state index in [2.05, 4.69) is 54.9 Å². The predicted octanol–water partition coefficient (Wildman–Crippen LogP) is 5.04. The van der Waals surface area contributed by atoms with Crippen molar-refractivity contribution in [1.29, 1.82) is 0 Å². The van der Waals surface area contributed by atoms with E-state index in [0.717, 1.165) is 32.0 Å². The van der Waals surface area contributed by atoms with Gasteiger partial charge in [-0.25, -0.2) is 4.98 Å². The van der Waals surface area contributed by atoms with E-state index < -0.39 is 0 Å². The number of fused-ring (bicyclic) bond motifs is 1. The number of halogens is 1. The third-order valence-corrected chi connectivity index (χ3v) is 5.42. The SMILES string of the molecule is Cc1ccc(-c2nc3c(s2)C(=O)CC(C)(C)C3)c(Br)c1. The van der Waals surface area contributed by atoms with Crippen molar-refractivity contribution < 1.29 is 4.79 Å². The molecule has 2 nitrogen and oxygen atoms in total. The Bertz CT molecular complexity index is 702. The minimum absolute atomic E-state index is 0.0277. The van der Waals surface area contributed by atoms with Crippen molar-refractivity contribution in [3.8, 4) is 10.6 Å². The highest BCUT2D eigenvalue weighted by Gasteiger charge is 2.34. The van der Waals surface area contributed by atoms with E-state index in [-0.39, 0.29) is 11.2 Å². The first kappa shape index (κ1) is 14.0. The molecule has 0 aliphatic heterocycles. The van der Waals surface area contributed by atoms with Gasteiger partial charge in [0.15, 0.2) is 5.78 Å². The predicted molar refractivity (Wildman–Crippen MR) is 86.4 cm³/mol. The molecule has 0 saturated carbocycles. The highest BCUT2D eigenvalue weighted by Crippen LogP contribution is 2.40. The highest BCUT2D eigenvalue weighted by molar-refractivity contribution is 9.10. The molecule has 1 aliphatic carbocycles. The number of aromatic nitrogens is 1. The van der Waals surface area contributed by atoms with Crippen molar-refractivity contribution in [2.75, 3.05) is 0 Å². The summed E-state index contributed by atoms with van der Waals surface area (Å²) in [6.07, 6.45) is 1.50. The molecule has 0 radical (unpaired) electrons. The minimum atomic E-state index is 0.0277. The van der Waals surface area contributed by atoms with Gasteiger partial charge in [0.05, 0.1) is 10.6 Å². The van der Waals surface area contributed by atoms with E-state index in [9.17, 15) is 4.79 Å². The molecule has 4 heteroatoms. The number of aryl methyl sites for hydroxylation is 1. The summed E-state index contributed by atoms with van der Waals surface area (Å²) in [6.45, 7) is 6.33. The minimum Gasteiger partial charge on any atom is -0.293 e. The lowest BCUT2D eigenvalue weighted by Gasteiger charge is -2.26. The van der Waals surface area contributed by atoms with Crippen molar-refractivity contribution in [3.05, 3.63) is 38.8 Å². The van der Waals surface area contributed by atoms with Gasteiger partial charge in [-0.15, -0.1) is 11.3 Å². The zero-order valence-corrected chi connectivity index (χ0v) is 14.2. The molecule has 1 aromatic carbocycles. The lowest BCUT2D eigenvalue weighted by molar-refractivity contribution is 0.0916. The van der Waals surface area contributed by atoms with Crippen LogP contribution in [0.15, 0.2) is 22.7 Å². The average molecular weight is 350 g/mol. The number of thiazole rings is 1. The van der Waals surface area contributed by atoms with Crippen molar-refractivity contribution in [2.45, 2.75) is 33.6 Å². The van der Waals surface area contributed by atoms with Gasteiger partial charge in [-0.1, -0.05) is 41.9 Å².